The topological polar surface area (TPSA) is 26.3 Å². The summed E-state index contributed by atoms with van der Waals surface area (Å²) in [6, 6.07) is 0. The first-order chi connectivity index (χ1) is 4.63. The quantitative estimate of drug-likeness (QED) is 0.523. The third-order valence-electron chi connectivity index (χ3n) is 1.67. The molecule has 0 aromatic heterocycles. The molecule has 0 fully saturated rings. The fraction of sp³-hybridized carbons (Fsp3) is 0.857. The van der Waals surface area contributed by atoms with E-state index in [2.05, 4.69) is 20.7 Å². The average Bonchev–Trinajstić information content (AvgIpc) is 2.00. The summed E-state index contributed by atoms with van der Waals surface area (Å²) in [5, 5.41) is 0.837. The second kappa shape index (κ2) is 4.72. The number of esters is 1. The van der Waals surface area contributed by atoms with Crippen molar-refractivity contribution in [1.82, 2.24) is 0 Å². The summed E-state index contributed by atoms with van der Waals surface area (Å²) in [5.41, 5.74) is 0. The number of ether oxygens (including phenoxy) is 1. The van der Waals surface area contributed by atoms with Crippen molar-refractivity contribution in [2.45, 2.75) is 13.8 Å². The summed E-state index contributed by atoms with van der Waals surface area (Å²) in [6.07, 6.45) is 0. The molecular formula is C7H13BrO2. The molecule has 3 heteroatoms. The molecule has 0 radical (unpaired) electrons. The summed E-state index contributed by atoms with van der Waals surface area (Å²) >= 11 is 3.31. The zero-order chi connectivity index (χ0) is 8.15. The van der Waals surface area contributed by atoms with Crippen molar-refractivity contribution in [1.29, 1.82) is 0 Å². The highest BCUT2D eigenvalue weighted by molar-refractivity contribution is 9.09. The molecule has 0 aliphatic carbocycles. The Hall–Kier alpha value is -0.0500. The average molecular weight is 209 g/mol. The van der Waals surface area contributed by atoms with E-state index >= 15 is 0 Å². The van der Waals surface area contributed by atoms with E-state index in [4.69, 9.17) is 0 Å². The van der Waals surface area contributed by atoms with Gasteiger partial charge in [0, 0.05) is 5.33 Å². The fourth-order valence-corrected chi connectivity index (χ4v) is 1.11. The summed E-state index contributed by atoms with van der Waals surface area (Å²) in [7, 11) is 1.42. The lowest BCUT2D eigenvalue weighted by Crippen LogP contribution is -2.20. The molecule has 0 N–H and O–H groups in total. The molecule has 0 saturated carbocycles. The standard InChI is InChI=1S/C7H13BrO2/c1-5(4-8)6(2)7(9)10-3/h5-6H,4H2,1-3H3. The van der Waals surface area contributed by atoms with Crippen molar-refractivity contribution in [2.24, 2.45) is 11.8 Å². The SMILES string of the molecule is COC(=O)C(C)C(C)CBr. The van der Waals surface area contributed by atoms with Crippen LogP contribution in [0.3, 0.4) is 0 Å². The Bertz CT molecular complexity index is 114. The van der Waals surface area contributed by atoms with Crippen molar-refractivity contribution in [3.8, 4) is 0 Å². The predicted molar refractivity (Wildman–Crippen MR) is 44.1 cm³/mol. The van der Waals surface area contributed by atoms with E-state index < -0.39 is 0 Å². The molecule has 0 aliphatic rings. The molecule has 0 heterocycles. The molecule has 0 aliphatic heterocycles. The Balaban J connectivity index is 3.81. The van der Waals surface area contributed by atoms with E-state index in [1.807, 2.05) is 13.8 Å². The molecule has 0 aromatic rings. The van der Waals surface area contributed by atoms with Crippen LogP contribution in [0.2, 0.25) is 0 Å². The molecular weight excluding hydrogens is 196 g/mol. The van der Waals surface area contributed by atoms with Crippen LogP contribution in [0.25, 0.3) is 0 Å². The first kappa shape index (κ1) is 9.95. The Morgan fingerprint density at radius 1 is 1.60 bits per heavy atom. The summed E-state index contributed by atoms with van der Waals surface area (Å²) in [5.74, 6) is 0.198. The first-order valence-electron chi connectivity index (χ1n) is 3.27. The highest BCUT2D eigenvalue weighted by atomic mass is 79.9. The van der Waals surface area contributed by atoms with Gasteiger partial charge in [0.15, 0.2) is 0 Å². The lowest BCUT2D eigenvalue weighted by molar-refractivity contribution is -0.146. The number of rotatable bonds is 3. The van der Waals surface area contributed by atoms with Crippen LogP contribution in [-0.2, 0) is 9.53 Å². The van der Waals surface area contributed by atoms with Gasteiger partial charge >= 0.3 is 5.97 Å². The fourth-order valence-electron chi connectivity index (χ4n) is 0.552. The Morgan fingerprint density at radius 2 is 2.10 bits per heavy atom. The predicted octanol–water partition coefficient (Wildman–Crippen LogP) is 1.83. The van der Waals surface area contributed by atoms with E-state index in [1.54, 1.807) is 0 Å². The lowest BCUT2D eigenvalue weighted by atomic mass is 9.99. The van der Waals surface area contributed by atoms with Crippen LogP contribution in [-0.4, -0.2) is 18.4 Å². The number of halogens is 1. The molecule has 10 heavy (non-hydrogen) atoms. The van der Waals surface area contributed by atoms with Crippen LogP contribution in [0, 0.1) is 11.8 Å². The number of carbonyl (C=O) groups is 1. The smallest absolute Gasteiger partial charge is 0.308 e. The van der Waals surface area contributed by atoms with Gasteiger partial charge in [-0.05, 0) is 5.92 Å². The zero-order valence-electron chi connectivity index (χ0n) is 6.56. The summed E-state index contributed by atoms with van der Waals surface area (Å²) < 4.78 is 4.58. The first-order valence-corrected chi connectivity index (χ1v) is 4.39. The number of carbonyl (C=O) groups excluding carboxylic acids is 1. The summed E-state index contributed by atoms with van der Waals surface area (Å²) in [4.78, 5) is 10.9. The molecule has 0 spiro atoms. The second-order valence-electron chi connectivity index (χ2n) is 2.44. The van der Waals surface area contributed by atoms with E-state index in [0.29, 0.717) is 5.92 Å². The van der Waals surface area contributed by atoms with Crippen molar-refractivity contribution < 1.29 is 9.53 Å². The van der Waals surface area contributed by atoms with Gasteiger partial charge in [-0.1, -0.05) is 29.8 Å². The van der Waals surface area contributed by atoms with Crippen LogP contribution >= 0.6 is 15.9 Å². The van der Waals surface area contributed by atoms with Gasteiger partial charge in [0.2, 0.25) is 0 Å². The maximum atomic E-state index is 10.9. The van der Waals surface area contributed by atoms with E-state index in [1.165, 1.54) is 7.11 Å². The lowest BCUT2D eigenvalue weighted by Gasteiger charge is -2.13. The maximum Gasteiger partial charge on any atom is 0.308 e. The van der Waals surface area contributed by atoms with Gasteiger partial charge in [0.05, 0.1) is 13.0 Å². The van der Waals surface area contributed by atoms with Crippen molar-refractivity contribution in [2.75, 3.05) is 12.4 Å². The van der Waals surface area contributed by atoms with Gasteiger partial charge in [-0.2, -0.15) is 0 Å². The van der Waals surface area contributed by atoms with Gasteiger partial charge in [-0.3, -0.25) is 4.79 Å². The Morgan fingerprint density at radius 3 is 2.40 bits per heavy atom. The minimum Gasteiger partial charge on any atom is -0.469 e. The van der Waals surface area contributed by atoms with Crippen LogP contribution in [0.5, 0.6) is 0 Å². The molecule has 2 nitrogen and oxygen atoms in total. The number of hydrogen-bond donors (Lipinski definition) is 0. The maximum absolute atomic E-state index is 10.9. The number of methoxy groups -OCH3 is 1. The highest BCUT2D eigenvalue weighted by Crippen LogP contribution is 2.14. The van der Waals surface area contributed by atoms with Crippen molar-refractivity contribution in [3.05, 3.63) is 0 Å². The molecule has 0 saturated heterocycles. The molecule has 0 rings (SSSR count). The van der Waals surface area contributed by atoms with Gasteiger partial charge in [0.1, 0.15) is 0 Å². The Labute approximate surface area is 70.1 Å². The van der Waals surface area contributed by atoms with Gasteiger partial charge < -0.3 is 4.74 Å². The molecule has 2 unspecified atom stereocenters. The second-order valence-corrected chi connectivity index (χ2v) is 3.09. The largest absolute Gasteiger partial charge is 0.469 e. The van der Waals surface area contributed by atoms with E-state index in [9.17, 15) is 4.79 Å². The minimum absolute atomic E-state index is 0.00984. The van der Waals surface area contributed by atoms with E-state index in [-0.39, 0.29) is 11.9 Å². The van der Waals surface area contributed by atoms with Crippen LogP contribution in [0.1, 0.15) is 13.8 Å². The minimum atomic E-state index is -0.132. The molecule has 0 aromatic carbocycles. The summed E-state index contributed by atoms with van der Waals surface area (Å²) in [6.45, 7) is 3.88. The van der Waals surface area contributed by atoms with Crippen molar-refractivity contribution >= 4 is 21.9 Å². The molecule has 2 atom stereocenters. The normalized spacial score (nSPS) is 16.0. The van der Waals surface area contributed by atoms with Gasteiger partial charge in [0.25, 0.3) is 0 Å². The van der Waals surface area contributed by atoms with Crippen LogP contribution in [0.15, 0.2) is 0 Å². The van der Waals surface area contributed by atoms with Gasteiger partial charge in [-0.25, -0.2) is 0 Å². The number of alkyl halides is 1. The van der Waals surface area contributed by atoms with Crippen LogP contribution in [0.4, 0.5) is 0 Å². The third-order valence-corrected chi connectivity index (χ3v) is 2.69. The molecule has 0 amide bonds. The Kier molecular flexibility index (Phi) is 4.69. The highest BCUT2D eigenvalue weighted by Gasteiger charge is 2.19. The monoisotopic (exact) mass is 208 g/mol. The van der Waals surface area contributed by atoms with Gasteiger partial charge in [-0.15, -0.1) is 0 Å². The third kappa shape index (κ3) is 2.69. The molecule has 60 valence electrons. The van der Waals surface area contributed by atoms with E-state index in [0.717, 1.165) is 5.33 Å². The zero-order valence-corrected chi connectivity index (χ0v) is 8.14. The van der Waals surface area contributed by atoms with Crippen molar-refractivity contribution in [3.63, 3.8) is 0 Å². The molecule has 0 bridgehead atoms. The van der Waals surface area contributed by atoms with Crippen LogP contribution < -0.4 is 0 Å². The number of hydrogen-bond acceptors (Lipinski definition) is 2.